The van der Waals surface area contributed by atoms with Gasteiger partial charge in [0.25, 0.3) is 0 Å². The summed E-state index contributed by atoms with van der Waals surface area (Å²) in [4.78, 5) is 6.40. The van der Waals surface area contributed by atoms with Crippen molar-refractivity contribution in [1.82, 2.24) is 4.90 Å². The predicted octanol–water partition coefficient (Wildman–Crippen LogP) is 1.20. The van der Waals surface area contributed by atoms with Crippen molar-refractivity contribution in [3.05, 3.63) is 11.8 Å². The Morgan fingerprint density at radius 2 is 2.58 bits per heavy atom. The van der Waals surface area contributed by atoms with Gasteiger partial charge in [-0.3, -0.25) is 0 Å². The van der Waals surface area contributed by atoms with Crippen LogP contribution >= 0.6 is 11.8 Å². The first-order valence-electron chi connectivity index (χ1n) is 3.95. The molecule has 12 heavy (non-hydrogen) atoms. The number of hydrogen-bond acceptors (Lipinski definition) is 4. The molecule has 2 rings (SSSR count). The summed E-state index contributed by atoms with van der Waals surface area (Å²) < 4.78 is 0. The standard InChI is InChI=1S/C8H9N3S/c9-4-7-5-10-8-11(6-7)2-1-3-12-8/h5H,1-3,6H2. The highest BCUT2D eigenvalue weighted by Gasteiger charge is 2.20. The fraction of sp³-hybridized carbons (Fsp3) is 0.500. The lowest BCUT2D eigenvalue weighted by atomic mass is 10.2. The van der Waals surface area contributed by atoms with E-state index in [2.05, 4.69) is 16.0 Å². The number of aliphatic imine (C=N–C) groups is 1. The topological polar surface area (TPSA) is 39.4 Å². The second-order valence-electron chi connectivity index (χ2n) is 2.80. The number of nitrogens with zero attached hydrogens (tertiary/aromatic N) is 3. The first-order chi connectivity index (χ1) is 5.90. The lowest BCUT2D eigenvalue weighted by Gasteiger charge is -2.30. The van der Waals surface area contributed by atoms with Crippen LogP contribution in [-0.2, 0) is 0 Å². The highest BCUT2D eigenvalue weighted by atomic mass is 32.2. The third-order valence-corrected chi connectivity index (χ3v) is 3.02. The average molecular weight is 179 g/mol. The summed E-state index contributed by atoms with van der Waals surface area (Å²) in [6, 6.07) is 2.14. The van der Waals surface area contributed by atoms with E-state index in [1.807, 2.05) is 0 Å². The lowest BCUT2D eigenvalue weighted by Crippen LogP contribution is -2.36. The van der Waals surface area contributed by atoms with Gasteiger partial charge >= 0.3 is 0 Å². The van der Waals surface area contributed by atoms with Gasteiger partial charge in [0.05, 0.1) is 18.2 Å². The van der Waals surface area contributed by atoms with Crippen LogP contribution < -0.4 is 0 Å². The average Bonchev–Trinajstić information content (AvgIpc) is 2.17. The van der Waals surface area contributed by atoms with E-state index in [1.165, 1.54) is 6.42 Å². The molecule has 0 unspecified atom stereocenters. The van der Waals surface area contributed by atoms with Crippen molar-refractivity contribution >= 4 is 16.9 Å². The maximum atomic E-state index is 8.66. The van der Waals surface area contributed by atoms with E-state index in [4.69, 9.17) is 5.26 Å². The Hall–Kier alpha value is -0.950. The molecule has 0 spiro atoms. The number of thioether (sulfide) groups is 1. The van der Waals surface area contributed by atoms with Gasteiger partial charge in [-0.1, -0.05) is 11.8 Å². The zero-order valence-electron chi connectivity index (χ0n) is 6.66. The number of fused-ring (bicyclic) bond motifs is 1. The molecule has 0 saturated carbocycles. The zero-order valence-corrected chi connectivity index (χ0v) is 7.47. The summed E-state index contributed by atoms with van der Waals surface area (Å²) in [5.41, 5.74) is 0.765. The Kier molecular flexibility index (Phi) is 2.05. The van der Waals surface area contributed by atoms with Gasteiger partial charge in [0, 0.05) is 18.5 Å². The third-order valence-electron chi connectivity index (χ3n) is 1.91. The van der Waals surface area contributed by atoms with Crippen LogP contribution in [0.3, 0.4) is 0 Å². The number of nitriles is 1. The van der Waals surface area contributed by atoms with Crippen molar-refractivity contribution in [3.63, 3.8) is 0 Å². The van der Waals surface area contributed by atoms with Crippen molar-refractivity contribution < 1.29 is 0 Å². The molecule has 0 bridgehead atoms. The molecule has 0 radical (unpaired) electrons. The van der Waals surface area contributed by atoms with Gasteiger partial charge in [-0.15, -0.1) is 0 Å². The Balaban J connectivity index is 2.19. The van der Waals surface area contributed by atoms with Crippen LogP contribution in [0.5, 0.6) is 0 Å². The fourth-order valence-corrected chi connectivity index (χ4v) is 2.24. The van der Waals surface area contributed by atoms with Crippen LogP contribution in [0.4, 0.5) is 0 Å². The summed E-state index contributed by atoms with van der Waals surface area (Å²) >= 11 is 1.78. The van der Waals surface area contributed by atoms with Crippen molar-refractivity contribution in [1.29, 1.82) is 5.26 Å². The maximum Gasteiger partial charge on any atom is 0.164 e. The first-order valence-corrected chi connectivity index (χ1v) is 4.93. The van der Waals surface area contributed by atoms with Gasteiger partial charge in [-0.05, 0) is 6.42 Å². The quantitative estimate of drug-likeness (QED) is 0.561. The predicted molar refractivity (Wildman–Crippen MR) is 49.8 cm³/mol. The summed E-state index contributed by atoms with van der Waals surface area (Å²) in [5, 5.41) is 9.74. The van der Waals surface area contributed by atoms with E-state index < -0.39 is 0 Å². The van der Waals surface area contributed by atoms with Crippen molar-refractivity contribution in [2.24, 2.45) is 4.99 Å². The molecular formula is C8H9N3S. The van der Waals surface area contributed by atoms with Crippen molar-refractivity contribution in [2.75, 3.05) is 18.8 Å². The minimum absolute atomic E-state index is 0.752. The summed E-state index contributed by atoms with van der Waals surface area (Å²) in [7, 11) is 0. The van der Waals surface area contributed by atoms with E-state index in [0.717, 1.165) is 29.6 Å². The third kappa shape index (κ3) is 1.32. The van der Waals surface area contributed by atoms with Crippen LogP contribution in [0.15, 0.2) is 16.8 Å². The van der Waals surface area contributed by atoms with Gasteiger partial charge in [0.1, 0.15) is 0 Å². The molecule has 0 atom stereocenters. The summed E-state index contributed by atoms with van der Waals surface area (Å²) in [5.74, 6) is 1.16. The normalized spacial score (nSPS) is 22.1. The molecule has 2 aliphatic rings. The van der Waals surface area contributed by atoms with E-state index in [-0.39, 0.29) is 0 Å². The number of amidine groups is 1. The van der Waals surface area contributed by atoms with Gasteiger partial charge in [-0.25, -0.2) is 4.99 Å². The van der Waals surface area contributed by atoms with E-state index in [9.17, 15) is 0 Å². The fourth-order valence-electron chi connectivity index (χ4n) is 1.32. The van der Waals surface area contributed by atoms with Crippen LogP contribution in [0.1, 0.15) is 6.42 Å². The minimum atomic E-state index is 0.752. The molecule has 1 saturated heterocycles. The molecule has 0 amide bonds. The molecular weight excluding hydrogens is 170 g/mol. The molecule has 2 aliphatic heterocycles. The van der Waals surface area contributed by atoms with Crippen molar-refractivity contribution in [2.45, 2.75) is 6.42 Å². The monoisotopic (exact) mass is 179 g/mol. The molecule has 0 aromatic carbocycles. The Morgan fingerprint density at radius 3 is 3.42 bits per heavy atom. The van der Waals surface area contributed by atoms with Gasteiger partial charge in [0.2, 0.25) is 0 Å². The Bertz CT molecular complexity index is 287. The van der Waals surface area contributed by atoms with Gasteiger partial charge in [-0.2, -0.15) is 5.26 Å². The molecule has 4 heteroatoms. The highest BCUT2D eigenvalue weighted by molar-refractivity contribution is 8.13. The molecule has 0 aromatic heterocycles. The Labute approximate surface area is 75.8 Å². The van der Waals surface area contributed by atoms with Crippen LogP contribution in [0.25, 0.3) is 0 Å². The lowest BCUT2D eigenvalue weighted by molar-refractivity contribution is 0.452. The smallest absolute Gasteiger partial charge is 0.164 e. The number of rotatable bonds is 0. The van der Waals surface area contributed by atoms with Crippen molar-refractivity contribution in [3.8, 4) is 6.07 Å². The van der Waals surface area contributed by atoms with Crippen LogP contribution in [-0.4, -0.2) is 28.9 Å². The summed E-state index contributed by atoms with van der Waals surface area (Å²) in [6.07, 6.45) is 2.88. The second kappa shape index (κ2) is 3.20. The largest absolute Gasteiger partial charge is 0.346 e. The minimum Gasteiger partial charge on any atom is -0.346 e. The molecule has 62 valence electrons. The van der Waals surface area contributed by atoms with Crippen LogP contribution in [0, 0.1) is 11.3 Å². The zero-order chi connectivity index (χ0) is 8.39. The molecule has 2 heterocycles. The van der Waals surface area contributed by atoms with Gasteiger partial charge in [0.15, 0.2) is 5.17 Å². The molecule has 0 aromatic rings. The van der Waals surface area contributed by atoms with E-state index >= 15 is 0 Å². The molecule has 3 nitrogen and oxygen atoms in total. The van der Waals surface area contributed by atoms with Gasteiger partial charge < -0.3 is 4.90 Å². The first kappa shape index (κ1) is 7.69. The maximum absolute atomic E-state index is 8.66. The molecule has 0 N–H and O–H groups in total. The van der Waals surface area contributed by atoms with E-state index in [1.54, 1.807) is 18.0 Å². The summed E-state index contributed by atoms with van der Waals surface area (Å²) in [6.45, 7) is 1.80. The SMILES string of the molecule is N#CC1=CN=C2SCCCN2C1. The highest BCUT2D eigenvalue weighted by Crippen LogP contribution is 2.21. The molecule has 0 aliphatic carbocycles. The molecule has 1 fully saturated rings. The van der Waals surface area contributed by atoms with E-state index in [0.29, 0.717) is 0 Å². The second-order valence-corrected chi connectivity index (χ2v) is 3.86. The van der Waals surface area contributed by atoms with Crippen LogP contribution in [0.2, 0.25) is 0 Å². The number of hydrogen-bond donors (Lipinski definition) is 0. The Morgan fingerprint density at radius 1 is 1.67 bits per heavy atom.